The first kappa shape index (κ1) is 14.4. The Balaban J connectivity index is 1.81. The number of anilines is 2. The first-order valence-electron chi connectivity index (χ1n) is 8.00. The van der Waals surface area contributed by atoms with Crippen LogP contribution in [0.1, 0.15) is 19.8 Å². The summed E-state index contributed by atoms with van der Waals surface area (Å²) < 4.78 is 0. The van der Waals surface area contributed by atoms with Crippen LogP contribution in [0, 0.1) is 11.8 Å². The van der Waals surface area contributed by atoms with Crippen LogP contribution in [0.3, 0.4) is 0 Å². The third-order valence-electron chi connectivity index (χ3n) is 4.48. The number of hydrogen-bond acceptors (Lipinski definition) is 3. The molecule has 0 aromatic heterocycles. The minimum atomic E-state index is 0.0121. The molecule has 3 rings (SSSR count). The summed E-state index contributed by atoms with van der Waals surface area (Å²) in [4.78, 5) is 17.1. The second kappa shape index (κ2) is 6.06. The van der Waals surface area contributed by atoms with Crippen LogP contribution in [0.5, 0.6) is 0 Å². The molecule has 4 nitrogen and oxygen atoms in total. The summed E-state index contributed by atoms with van der Waals surface area (Å²) in [5.74, 6) is 1.10. The van der Waals surface area contributed by atoms with Gasteiger partial charge in [0.1, 0.15) is 0 Å². The number of carbonyl (C=O) groups is 1. The lowest BCUT2D eigenvalue weighted by molar-refractivity contribution is -0.121. The fourth-order valence-corrected chi connectivity index (χ4v) is 3.11. The number of rotatable bonds is 5. The Labute approximate surface area is 127 Å². The van der Waals surface area contributed by atoms with Gasteiger partial charge >= 0.3 is 0 Å². The van der Waals surface area contributed by atoms with Crippen LogP contribution in [-0.4, -0.2) is 39.1 Å². The van der Waals surface area contributed by atoms with E-state index in [4.69, 9.17) is 0 Å². The Bertz CT molecular complexity index is 513. The molecule has 1 saturated carbocycles. The average molecular weight is 287 g/mol. The SMILES string of the molecule is CNCC(C)C(=O)N1CCN(CC2CC2)c2ccccc21. The van der Waals surface area contributed by atoms with Gasteiger partial charge in [0, 0.05) is 32.1 Å². The van der Waals surface area contributed by atoms with Crippen LogP contribution in [0.25, 0.3) is 0 Å². The number of hydrogen-bond donors (Lipinski definition) is 1. The highest BCUT2D eigenvalue weighted by molar-refractivity contribution is 5.99. The third kappa shape index (κ3) is 3.05. The molecule has 1 N–H and O–H groups in total. The largest absolute Gasteiger partial charge is 0.368 e. The molecule has 1 heterocycles. The highest BCUT2D eigenvalue weighted by atomic mass is 16.2. The minimum absolute atomic E-state index is 0.0121. The van der Waals surface area contributed by atoms with E-state index in [0.29, 0.717) is 0 Å². The number of para-hydroxylation sites is 2. The standard InChI is InChI=1S/C17H25N3O/c1-13(11-18-2)17(21)20-10-9-19(12-14-7-8-14)15-5-3-4-6-16(15)20/h3-6,13-14,18H,7-12H2,1-2H3. The van der Waals surface area contributed by atoms with Gasteiger partial charge in [-0.25, -0.2) is 0 Å². The molecular weight excluding hydrogens is 262 g/mol. The van der Waals surface area contributed by atoms with Crippen LogP contribution in [-0.2, 0) is 4.79 Å². The van der Waals surface area contributed by atoms with Crippen LogP contribution in [0.15, 0.2) is 24.3 Å². The van der Waals surface area contributed by atoms with Crippen molar-refractivity contribution in [2.45, 2.75) is 19.8 Å². The van der Waals surface area contributed by atoms with E-state index < -0.39 is 0 Å². The third-order valence-corrected chi connectivity index (χ3v) is 4.48. The molecule has 4 heteroatoms. The Hall–Kier alpha value is -1.55. The van der Waals surface area contributed by atoms with Crippen molar-refractivity contribution in [2.24, 2.45) is 11.8 Å². The maximum atomic E-state index is 12.7. The molecular formula is C17H25N3O. The molecule has 1 unspecified atom stereocenters. The zero-order valence-corrected chi connectivity index (χ0v) is 13.0. The molecule has 0 bridgehead atoms. The van der Waals surface area contributed by atoms with Crippen molar-refractivity contribution in [3.8, 4) is 0 Å². The predicted octanol–water partition coefficient (Wildman–Crippen LogP) is 2.11. The van der Waals surface area contributed by atoms with E-state index in [1.165, 1.54) is 18.5 Å². The highest BCUT2D eigenvalue weighted by Gasteiger charge is 2.31. The van der Waals surface area contributed by atoms with Crippen molar-refractivity contribution >= 4 is 17.3 Å². The van der Waals surface area contributed by atoms with Gasteiger partial charge in [-0.15, -0.1) is 0 Å². The number of nitrogens with one attached hydrogen (secondary N) is 1. The molecule has 0 spiro atoms. The predicted molar refractivity (Wildman–Crippen MR) is 86.8 cm³/mol. The van der Waals surface area contributed by atoms with Crippen molar-refractivity contribution in [1.82, 2.24) is 5.32 Å². The molecule has 1 amide bonds. The number of nitrogens with zero attached hydrogens (tertiary/aromatic N) is 2. The summed E-state index contributed by atoms with van der Waals surface area (Å²) >= 11 is 0. The summed E-state index contributed by atoms with van der Waals surface area (Å²) in [7, 11) is 1.89. The number of carbonyl (C=O) groups excluding carboxylic acids is 1. The van der Waals surface area contributed by atoms with Crippen molar-refractivity contribution in [3.63, 3.8) is 0 Å². The van der Waals surface area contributed by atoms with Crippen LogP contribution >= 0.6 is 0 Å². The van der Waals surface area contributed by atoms with Crippen LogP contribution in [0.4, 0.5) is 11.4 Å². The molecule has 0 radical (unpaired) electrons. The van der Waals surface area contributed by atoms with E-state index >= 15 is 0 Å². The number of fused-ring (bicyclic) bond motifs is 1. The fraction of sp³-hybridized carbons (Fsp3) is 0.588. The zero-order valence-electron chi connectivity index (χ0n) is 13.0. The Morgan fingerprint density at radius 2 is 2.00 bits per heavy atom. The van der Waals surface area contributed by atoms with Gasteiger partial charge < -0.3 is 15.1 Å². The van der Waals surface area contributed by atoms with Gasteiger partial charge in [-0.05, 0) is 37.9 Å². The van der Waals surface area contributed by atoms with Gasteiger partial charge in [0.15, 0.2) is 0 Å². The molecule has 1 aromatic carbocycles. The Morgan fingerprint density at radius 3 is 2.67 bits per heavy atom. The monoisotopic (exact) mass is 287 g/mol. The minimum Gasteiger partial charge on any atom is -0.368 e. The lowest BCUT2D eigenvalue weighted by Gasteiger charge is -2.38. The molecule has 114 valence electrons. The van der Waals surface area contributed by atoms with E-state index in [1.54, 1.807) is 0 Å². The second-order valence-corrected chi connectivity index (χ2v) is 6.33. The molecule has 1 aromatic rings. The molecule has 1 atom stereocenters. The van der Waals surface area contributed by atoms with Crippen LogP contribution in [0.2, 0.25) is 0 Å². The van der Waals surface area contributed by atoms with Crippen LogP contribution < -0.4 is 15.1 Å². The molecule has 2 aliphatic rings. The van der Waals surface area contributed by atoms with Crippen molar-refractivity contribution < 1.29 is 4.79 Å². The van der Waals surface area contributed by atoms with E-state index in [9.17, 15) is 4.79 Å². The average Bonchev–Trinajstić information content (AvgIpc) is 3.31. The van der Waals surface area contributed by atoms with Gasteiger partial charge in [-0.2, -0.15) is 0 Å². The van der Waals surface area contributed by atoms with E-state index in [2.05, 4.69) is 28.4 Å². The summed E-state index contributed by atoms with van der Waals surface area (Å²) in [5.41, 5.74) is 2.30. The summed E-state index contributed by atoms with van der Waals surface area (Å²) in [6.45, 7) is 5.62. The fourth-order valence-electron chi connectivity index (χ4n) is 3.11. The lowest BCUT2D eigenvalue weighted by atomic mass is 10.1. The van der Waals surface area contributed by atoms with Crippen molar-refractivity contribution in [3.05, 3.63) is 24.3 Å². The van der Waals surface area contributed by atoms with E-state index in [0.717, 1.165) is 37.8 Å². The second-order valence-electron chi connectivity index (χ2n) is 6.33. The molecule has 0 saturated heterocycles. The lowest BCUT2D eigenvalue weighted by Crippen LogP contribution is -2.47. The molecule has 1 aliphatic carbocycles. The highest BCUT2D eigenvalue weighted by Crippen LogP contribution is 2.37. The first-order chi connectivity index (χ1) is 10.2. The smallest absolute Gasteiger partial charge is 0.231 e. The number of benzene rings is 1. The van der Waals surface area contributed by atoms with E-state index in [-0.39, 0.29) is 11.8 Å². The maximum Gasteiger partial charge on any atom is 0.231 e. The molecule has 21 heavy (non-hydrogen) atoms. The number of amides is 1. The van der Waals surface area contributed by atoms with Gasteiger partial charge in [-0.3, -0.25) is 4.79 Å². The van der Waals surface area contributed by atoms with Crippen molar-refractivity contribution in [2.75, 3.05) is 43.0 Å². The Kier molecular flexibility index (Phi) is 4.15. The van der Waals surface area contributed by atoms with Crippen molar-refractivity contribution in [1.29, 1.82) is 0 Å². The first-order valence-corrected chi connectivity index (χ1v) is 8.00. The van der Waals surface area contributed by atoms with Gasteiger partial charge in [0.05, 0.1) is 11.4 Å². The normalized spacial score (nSPS) is 19.3. The van der Waals surface area contributed by atoms with Gasteiger partial charge in [0.25, 0.3) is 0 Å². The topological polar surface area (TPSA) is 35.6 Å². The quantitative estimate of drug-likeness (QED) is 0.901. The Morgan fingerprint density at radius 1 is 1.29 bits per heavy atom. The summed E-state index contributed by atoms with van der Waals surface area (Å²) in [6.07, 6.45) is 2.72. The summed E-state index contributed by atoms with van der Waals surface area (Å²) in [5, 5.41) is 3.10. The molecule has 1 fully saturated rings. The zero-order chi connectivity index (χ0) is 14.8. The van der Waals surface area contributed by atoms with Gasteiger partial charge in [-0.1, -0.05) is 19.1 Å². The van der Waals surface area contributed by atoms with Gasteiger partial charge in [0.2, 0.25) is 5.91 Å². The van der Waals surface area contributed by atoms with E-state index in [1.807, 2.05) is 24.9 Å². The maximum absolute atomic E-state index is 12.7. The summed E-state index contributed by atoms with van der Waals surface area (Å²) in [6, 6.07) is 8.34. The molecule has 1 aliphatic heterocycles.